The number of hydrogen-bond acceptors (Lipinski definition) is 3. The second-order valence-corrected chi connectivity index (χ2v) is 6.98. The zero-order valence-electron chi connectivity index (χ0n) is 15.7. The van der Waals surface area contributed by atoms with E-state index in [1.807, 2.05) is 55.3 Å². The van der Waals surface area contributed by atoms with Crippen LogP contribution in [0.5, 0.6) is 0 Å². The minimum Gasteiger partial charge on any atom is -0.330 e. The van der Waals surface area contributed by atoms with Crippen LogP contribution in [0.25, 0.3) is 0 Å². The summed E-state index contributed by atoms with van der Waals surface area (Å²) in [5, 5.41) is 7.50. The minimum absolute atomic E-state index is 0.0557. The first-order valence-corrected chi connectivity index (χ1v) is 9.67. The summed E-state index contributed by atoms with van der Waals surface area (Å²) in [7, 11) is 0. The molecule has 0 heterocycles. The standard InChI is InChI=1S/C21H29Cl2N3/c1-4-19(22)9-6-8-17(3)25-26(21(5-2)10-7-15-24)16-18-11-13-20(23)14-12-18/h4-6,8,11-14,19H,1,7,9-10,15-16,24H2,2-3H3/b8-6+,21-5+,25-17+. The molecule has 5 heteroatoms. The number of nitrogens with two attached hydrogens (primary N) is 1. The molecule has 0 saturated heterocycles. The maximum atomic E-state index is 6.05. The Labute approximate surface area is 167 Å². The number of alkyl halides is 1. The van der Waals surface area contributed by atoms with E-state index in [0.29, 0.717) is 13.1 Å². The second kappa shape index (κ2) is 12.7. The highest BCUT2D eigenvalue weighted by Gasteiger charge is 2.09. The van der Waals surface area contributed by atoms with Crippen LogP contribution in [0, 0.1) is 0 Å². The van der Waals surface area contributed by atoms with Crippen LogP contribution in [0.1, 0.15) is 38.7 Å². The first-order chi connectivity index (χ1) is 12.5. The van der Waals surface area contributed by atoms with Crippen molar-refractivity contribution in [3.63, 3.8) is 0 Å². The Balaban J connectivity index is 2.96. The lowest BCUT2D eigenvalue weighted by molar-refractivity contribution is 0.340. The number of rotatable bonds is 11. The number of nitrogens with zero attached hydrogens (tertiary/aromatic N) is 2. The molecule has 0 saturated carbocycles. The molecule has 0 spiro atoms. The normalized spacial score (nSPS) is 13.9. The lowest BCUT2D eigenvalue weighted by atomic mass is 10.2. The average molecular weight is 394 g/mol. The van der Waals surface area contributed by atoms with Gasteiger partial charge in [0.1, 0.15) is 0 Å². The van der Waals surface area contributed by atoms with Crippen LogP contribution in [-0.2, 0) is 6.54 Å². The van der Waals surface area contributed by atoms with Gasteiger partial charge in [0, 0.05) is 10.7 Å². The minimum atomic E-state index is -0.0557. The first-order valence-electron chi connectivity index (χ1n) is 8.85. The molecule has 0 aliphatic rings. The molecule has 0 amide bonds. The quantitative estimate of drug-likeness (QED) is 0.220. The summed E-state index contributed by atoms with van der Waals surface area (Å²) < 4.78 is 0. The molecule has 0 aromatic heterocycles. The van der Waals surface area contributed by atoms with Gasteiger partial charge in [-0.15, -0.1) is 18.2 Å². The van der Waals surface area contributed by atoms with Crippen LogP contribution in [0.4, 0.5) is 0 Å². The number of halogens is 2. The van der Waals surface area contributed by atoms with Crippen molar-refractivity contribution in [2.75, 3.05) is 6.54 Å². The van der Waals surface area contributed by atoms with Gasteiger partial charge in [-0.1, -0.05) is 42.0 Å². The predicted molar refractivity (Wildman–Crippen MR) is 116 cm³/mol. The van der Waals surface area contributed by atoms with Crippen molar-refractivity contribution in [1.82, 2.24) is 5.01 Å². The van der Waals surface area contributed by atoms with E-state index in [9.17, 15) is 0 Å². The molecular formula is C21H29Cl2N3. The maximum absolute atomic E-state index is 6.05. The third-order valence-corrected chi connectivity index (χ3v) is 4.41. The fourth-order valence-corrected chi connectivity index (χ4v) is 2.59. The van der Waals surface area contributed by atoms with Gasteiger partial charge in [0.25, 0.3) is 0 Å². The van der Waals surface area contributed by atoms with E-state index in [4.69, 9.17) is 34.0 Å². The molecule has 1 atom stereocenters. The molecule has 1 aromatic carbocycles. The van der Waals surface area contributed by atoms with Crippen LogP contribution >= 0.6 is 23.2 Å². The molecule has 26 heavy (non-hydrogen) atoms. The van der Waals surface area contributed by atoms with E-state index in [1.165, 1.54) is 0 Å². The molecule has 2 N–H and O–H groups in total. The third kappa shape index (κ3) is 8.70. The van der Waals surface area contributed by atoms with Crippen molar-refractivity contribution >= 4 is 28.9 Å². The number of hydrogen-bond donors (Lipinski definition) is 1. The maximum Gasteiger partial charge on any atom is 0.0662 e. The van der Waals surface area contributed by atoms with Crippen LogP contribution in [0.2, 0.25) is 5.02 Å². The molecule has 142 valence electrons. The van der Waals surface area contributed by atoms with Gasteiger partial charge in [0.2, 0.25) is 0 Å². The highest BCUT2D eigenvalue weighted by Crippen LogP contribution is 2.18. The van der Waals surface area contributed by atoms with Gasteiger partial charge in [-0.05, 0) is 63.4 Å². The van der Waals surface area contributed by atoms with E-state index in [0.717, 1.165) is 41.3 Å². The Bertz CT molecular complexity index is 633. The lowest BCUT2D eigenvalue weighted by Gasteiger charge is -2.23. The molecule has 0 aliphatic heterocycles. The smallest absolute Gasteiger partial charge is 0.0662 e. The van der Waals surface area contributed by atoms with E-state index in [-0.39, 0.29) is 5.38 Å². The van der Waals surface area contributed by atoms with Gasteiger partial charge in [-0.2, -0.15) is 5.10 Å². The van der Waals surface area contributed by atoms with E-state index in [1.54, 1.807) is 6.08 Å². The Hall–Kier alpha value is -1.55. The molecule has 1 aromatic rings. The zero-order chi connectivity index (χ0) is 19.4. The van der Waals surface area contributed by atoms with Crippen LogP contribution in [-0.4, -0.2) is 22.6 Å². The van der Waals surface area contributed by atoms with E-state index in [2.05, 4.69) is 12.7 Å². The Morgan fingerprint density at radius 3 is 2.62 bits per heavy atom. The molecular weight excluding hydrogens is 365 g/mol. The third-order valence-electron chi connectivity index (χ3n) is 3.80. The molecule has 0 aliphatic carbocycles. The highest BCUT2D eigenvalue weighted by atomic mass is 35.5. The van der Waals surface area contributed by atoms with Crippen molar-refractivity contribution < 1.29 is 0 Å². The summed E-state index contributed by atoms with van der Waals surface area (Å²) in [5.74, 6) is 0. The average Bonchev–Trinajstić information content (AvgIpc) is 2.63. The Morgan fingerprint density at radius 2 is 2.04 bits per heavy atom. The van der Waals surface area contributed by atoms with Gasteiger partial charge < -0.3 is 5.73 Å². The molecule has 0 fully saturated rings. The van der Waals surface area contributed by atoms with Crippen molar-refractivity contribution in [1.29, 1.82) is 0 Å². The fourth-order valence-electron chi connectivity index (χ4n) is 2.36. The van der Waals surface area contributed by atoms with Crippen LogP contribution in [0.3, 0.4) is 0 Å². The van der Waals surface area contributed by atoms with Crippen LogP contribution < -0.4 is 5.73 Å². The molecule has 0 radical (unpaired) electrons. The summed E-state index contributed by atoms with van der Waals surface area (Å²) in [5.41, 5.74) is 8.90. The summed E-state index contributed by atoms with van der Waals surface area (Å²) >= 11 is 12.0. The van der Waals surface area contributed by atoms with E-state index < -0.39 is 0 Å². The topological polar surface area (TPSA) is 41.6 Å². The van der Waals surface area contributed by atoms with Crippen molar-refractivity contribution in [3.05, 3.63) is 71.4 Å². The predicted octanol–water partition coefficient (Wildman–Crippen LogP) is 5.90. The summed E-state index contributed by atoms with van der Waals surface area (Å²) in [4.78, 5) is 0. The van der Waals surface area contributed by atoms with E-state index >= 15 is 0 Å². The van der Waals surface area contributed by atoms with Crippen molar-refractivity contribution in [3.8, 4) is 0 Å². The number of benzene rings is 1. The number of allylic oxidation sites excluding steroid dienone is 5. The zero-order valence-corrected chi connectivity index (χ0v) is 17.2. The van der Waals surface area contributed by atoms with Gasteiger partial charge >= 0.3 is 0 Å². The van der Waals surface area contributed by atoms with Crippen molar-refractivity contribution in [2.45, 2.75) is 45.0 Å². The van der Waals surface area contributed by atoms with Crippen molar-refractivity contribution in [2.24, 2.45) is 10.8 Å². The lowest BCUT2D eigenvalue weighted by Crippen LogP contribution is -2.19. The SMILES string of the molecule is C=CC(Cl)C/C=C/C(C)=N/N(Cc1ccc(Cl)cc1)/C(=C/C)CCCN. The Kier molecular flexibility index (Phi) is 11.0. The summed E-state index contributed by atoms with van der Waals surface area (Å²) in [6.45, 7) is 9.05. The van der Waals surface area contributed by atoms with Gasteiger partial charge in [0.15, 0.2) is 0 Å². The van der Waals surface area contributed by atoms with Gasteiger partial charge in [-0.25, -0.2) is 0 Å². The van der Waals surface area contributed by atoms with Gasteiger partial charge in [-0.3, -0.25) is 5.01 Å². The summed E-state index contributed by atoms with van der Waals surface area (Å²) in [6.07, 6.45) is 10.4. The molecule has 1 unspecified atom stereocenters. The monoisotopic (exact) mass is 393 g/mol. The van der Waals surface area contributed by atoms with Crippen LogP contribution in [0.15, 0.2) is 65.9 Å². The Morgan fingerprint density at radius 1 is 1.35 bits per heavy atom. The molecule has 3 nitrogen and oxygen atoms in total. The fraction of sp³-hybridized carbons (Fsp3) is 0.381. The van der Waals surface area contributed by atoms with Gasteiger partial charge in [0.05, 0.1) is 17.6 Å². The largest absolute Gasteiger partial charge is 0.330 e. The highest BCUT2D eigenvalue weighted by molar-refractivity contribution is 6.30. The molecule has 1 rings (SSSR count). The number of hydrazone groups is 1. The second-order valence-electron chi connectivity index (χ2n) is 5.99. The summed E-state index contributed by atoms with van der Waals surface area (Å²) in [6, 6.07) is 7.84. The molecule has 0 bridgehead atoms. The first kappa shape index (κ1) is 22.5.